The highest BCUT2D eigenvalue weighted by Crippen LogP contribution is 2.51. The van der Waals surface area contributed by atoms with Gasteiger partial charge in [0.05, 0.1) is 7.11 Å². The first-order valence-electron chi connectivity index (χ1n) is 5.64. The Morgan fingerprint density at radius 1 is 1.38 bits per heavy atom. The van der Waals surface area contributed by atoms with Gasteiger partial charge in [0.2, 0.25) is 0 Å². The van der Waals surface area contributed by atoms with Crippen LogP contribution in [0, 0.1) is 12.3 Å². The Kier molecular flexibility index (Phi) is 2.53. The lowest BCUT2D eigenvalue weighted by Crippen LogP contribution is -2.43. The van der Waals surface area contributed by atoms with Crippen molar-refractivity contribution >= 4 is 5.78 Å². The van der Waals surface area contributed by atoms with Crippen LogP contribution in [0.25, 0.3) is 0 Å². The van der Waals surface area contributed by atoms with Gasteiger partial charge in [0.15, 0.2) is 0 Å². The van der Waals surface area contributed by atoms with E-state index >= 15 is 0 Å². The zero-order valence-corrected chi connectivity index (χ0v) is 10.3. The number of ether oxygens (including phenoxy) is 1. The van der Waals surface area contributed by atoms with Crippen molar-refractivity contribution in [2.24, 2.45) is 5.41 Å². The van der Waals surface area contributed by atoms with Crippen LogP contribution in [0.3, 0.4) is 0 Å². The number of hydrogen-bond donors (Lipinski definition) is 0. The molecule has 0 aromatic heterocycles. The van der Waals surface area contributed by atoms with Crippen LogP contribution in [0.15, 0.2) is 18.2 Å². The summed E-state index contributed by atoms with van der Waals surface area (Å²) >= 11 is 0. The highest BCUT2D eigenvalue weighted by molar-refractivity contribution is 5.92. The fraction of sp³-hybridized carbons (Fsp3) is 0.500. The lowest BCUT2D eigenvalue weighted by molar-refractivity contribution is -0.138. The molecule has 86 valence electrons. The maximum atomic E-state index is 11.6. The predicted molar refractivity (Wildman–Crippen MR) is 63.9 cm³/mol. The molecular weight excluding hydrogens is 200 g/mol. The molecule has 0 aliphatic heterocycles. The number of aryl methyl sites for hydroxylation is 1. The summed E-state index contributed by atoms with van der Waals surface area (Å²) in [5, 5.41) is 0. The summed E-state index contributed by atoms with van der Waals surface area (Å²) in [5.41, 5.74) is 2.15. The molecule has 1 fully saturated rings. The summed E-state index contributed by atoms with van der Waals surface area (Å²) in [6.07, 6.45) is 0.646. The monoisotopic (exact) mass is 218 g/mol. The average Bonchev–Trinajstić information content (AvgIpc) is 2.25. The van der Waals surface area contributed by atoms with Gasteiger partial charge in [-0.15, -0.1) is 0 Å². The van der Waals surface area contributed by atoms with E-state index in [1.807, 2.05) is 26.0 Å². The SMILES string of the molecule is COc1ccc(C)cc1C1CC(=O)C1(C)C. The summed E-state index contributed by atoms with van der Waals surface area (Å²) < 4.78 is 5.37. The van der Waals surface area contributed by atoms with Crippen molar-refractivity contribution in [3.63, 3.8) is 0 Å². The van der Waals surface area contributed by atoms with Crippen LogP contribution in [0.4, 0.5) is 0 Å². The predicted octanol–water partition coefficient (Wildman–Crippen LogP) is 3.09. The maximum absolute atomic E-state index is 11.6. The number of benzene rings is 1. The summed E-state index contributed by atoms with van der Waals surface area (Å²) in [6.45, 7) is 6.10. The minimum absolute atomic E-state index is 0.235. The van der Waals surface area contributed by atoms with Crippen LogP contribution >= 0.6 is 0 Å². The standard InChI is InChI=1S/C14H18O2/c1-9-5-6-12(16-4)10(7-9)11-8-13(15)14(11,2)3/h5-7,11H,8H2,1-4H3. The van der Waals surface area contributed by atoms with Gasteiger partial charge in [-0.05, 0) is 18.6 Å². The molecule has 2 heteroatoms. The van der Waals surface area contributed by atoms with E-state index in [1.165, 1.54) is 11.1 Å². The Morgan fingerprint density at radius 2 is 2.06 bits per heavy atom. The van der Waals surface area contributed by atoms with E-state index in [-0.39, 0.29) is 5.41 Å². The van der Waals surface area contributed by atoms with Crippen molar-refractivity contribution in [2.45, 2.75) is 33.1 Å². The smallest absolute Gasteiger partial charge is 0.139 e. The maximum Gasteiger partial charge on any atom is 0.139 e. The number of Topliss-reactive ketones (excluding diaryl/α,β-unsaturated/α-hetero) is 1. The molecule has 2 rings (SSSR count). The van der Waals surface area contributed by atoms with Crippen molar-refractivity contribution < 1.29 is 9.53 Å². The average molecular weight is 218 g/mol. The van der Waals surface area contributed by atoms with E-state index in [0.29, 0.717) is 18.1 Å². The molecule has 1 aliphatic rings. The molecule has 1 aromatic carbocycles. The molecule has 0 radical (unpaired) electrons. The van der Waals surface area contributed by atoms with Gasteiger partial charge in [-0.3, -0.25) is 4.79 Å². The minimum Gasteiger partial charge on any atom is -0.496 e. The zero-order chi connectivity index (χ0) is 11.9. The van der Waals surface area contributed by atoms with E-state index in [1.54, 1.807) is 7.11 Å². The fourth-order valence-corrected chi connectivity index (χ4v) is 2.39. The number of carbonyl (C=O) groups excluding carboxylic acids is 1. The molecule has 2 nitrogen and oxygen atoms in total. The van der Waals surface area contributed by atoms with Gasteiger partial charge >= 0.3 is 0 Å². The van der Waals surface area contributed by atoms with Gasteiger partial charge < -0.3 is 4.74 Å². The topological polar surface area (TPSA) is 26.3 Å². The lowest BCUT2D eigenvalue weighted by Gasteiger charge is -2.43. The largest absolute Gasteiger partial charge is 0.496 e. The molecule has 1 aromatic rings. The lowest BCUT2D eigenvalue weighted by atomic mass is 9.59. The third-order valence-electron chi connectivity index (χ3n) is 3.74. The van der Waals surface area contributed by atoms with E-state index in [2.05, 4.69) is 13.0 Å². The molecule has 0 spiro atoms. The van der Waals surface area contributed by atoms with Crippen LogP contribution in [-0.2, 0) is 4.79 Å². The molecule has 0 saturated heterocycles. The molecule has 0 bridgehead atoms. The normalized spacial score (nSPS) is 22.8. The second-order valence-electron chi connectivity index (χ2n) is 5.15. The Labute approximate surface area is 96.6 Å². The molecule has 16 heavy (non-hydrogen) atoms. The van der Waals surface area contributed by atoms with Crippen molar-refractivity contribution in [3.8, 4) is 5.75 Å². The molecular formula is C14H18O2. The van der Waals surface area contributed by atoms with Crippen LogP contribution < -0.4 is 4.74 Å². The van der Waals surface area contributed by atoms with Crippen molar-refractivity contribution in [1.82, 2.24) is 0 Å². The number of ketones is 1. The third kappa shape index (κ3) is 1.53. The van der Waals surface area contributed by atoms with Crippen LogP contribution in [0.1, 0.15) is 37.3 Å². The zero-order valence-electron chi connectivity index (χ0n) is 10.3. The molecule has 1 aliphatic carbocycles. The van der Waals surface area contributed by atoms with Crippen molar-refractivity contribution in [2.75, 3.05) is 7.11 Å². The molecule has 1 saturated carbocycles. The Morgan fingerprint density at radius 3 is 2.56 bits per heavy atom. The first-order chi connectivity index (χ1) is 7.46. The number of rotatable bonds is 2. The fourth-order valence-electron chi connectivity index (χ4n) is 2.39. The second kappa shape index (κ2) is 3.62. The summed E-state index contributed by atoms with van der Waals surface area (Å²) in [5.74, 6) is 1.55. The van der Waals surface area contributed by atoms with Crippen molar-refractivity contribution in [1.29, 1.82) is 0 Å². The van der Waals surface area contributed by atoms with Gasteiger partial charge in [0.1, 0.15) is 11.5 Å². The Hall–Kier alpha value is -1.31. The van der Waals surface area contributed by atoms with Gasteiger partial charge in [-0.25, -0.2) is 0 Å². The van der Waals surface area contributed by atoms with Gasteiger partial charge in [-0.1, -0.05) is 31.5 Å². The number of hydrogen-bond acceptors (Lipinski definition) is 2. The Balaban J connectivity index is 2.41. The van der Waals surface area contributed by atoms with Gasteiger partial charge in [0.25, 0.3) is 0 Å². The van der Waals surface area contributed by atoms with Crippen LogP contribution in [0.5, 0.6) is 5.75 Å². The van der Waals surface area contributed by atoms with E-state index in [0.717, 1.165) is 5.75 Å². The Bertz CT molecular complexity index is 432. The summed E-state index contributed by atoms with van der Waals surface area (Å²) in [7, 11) is 1.68. The first kappa shape index (κ1) is 11.2. The molecule has 0 N–H and O–H groups in total. The molecule has 0 amide bonds. The van der Waals surface area contributed by atoms with Gasteiger partial charge in [0, 0.05) is 17.8 Å². The molecule has 1 unspecified atom stereocenters. The number of carbonyl (C=O) groups is 1. The molecule has 1 atom stereocenters. The third-order valence-corrected chi connectivity index (χ3v) is 3.74. The van der Waals surface area contributed by atoms with Crippen LogP contribution in [0.2, 0.25) is 0 Å². The van der Waals surface area contributed by atoms with Crippen LogP contribution in [-0.4, -0.2) is 12.9 Å². The highest BCUT2D eigenvalue weighted by Gasteiger charge is 2.48. The minimum atomic E-state index is -0.235. The highest BCUT2D eigenvalue weighted by atomic mass is 16.5. The van der Waals surface area contributed by atoms with Gasteiger partial charge in [-0.2, -0.15) is 0 Å². The van der Waals surface area contributed by atoms with Crippen molar-refractivity contribution in [3.05, 3.63) is 29.3 Å². The van der Waals surface area contributed by atoms with E-state index in [4.69, 9.17) is 4.74 Å². The molecule has 0 heterocycles. The summed E-state index contributed by atoms with van der Waals surface area (Å²) in [6, 6.07) is 6.16. The first-order valence-corrected chi connectivity index (χ1v) is 5.64. The summed E-state index contributed by atoms with van der Waals surface area (Å²) in [4.78, 5) is 11.6. The number of methoxy groups -OCH3 is 1. The quantitative estimate of drug-likeness (QED) is 0.762. The van der Waals surface area contributed by atoms with E-state index in [9.17, 15) is 4.79 Å². The van der Waals surface area contributed by atoms with E-state index < -0.39 is 0 Å². The second-order valence-corrected chi connectivity index (χ2v) is 5.15.